The van der Waals surface area contributed by atoms with Crippen LogP contribution in [-0.2, 0) is 0 Å². The van der Waals surface area contributed by atoms with Gasteiger partial charge in [-0.3, -0.25) is 4.79 Å². The van der Waals surface area contributed by atoms with Crippen molar-refractivity contribution >= 4 is 5.91 Å². The molecule has 1 amide bonds. The molecular weight excluding hydrogens is 216 g/mol. The standard InChI is InChI=1S/C13H20N2O2/c1-4-17-12-7-5-11(6-8-12)13(16)15(3)10-9-14-2/h5-8,14H,4,9-10H2,1-3H3. The second-order valence-electron chi connectivity index (χ2n) is 3.79. The second kappa shape index (κ2) is 6.91. The molecule has 4 heteroatoms. The van der Waals surface area contributed by atoms with Gasteiger partial charge < -0.3 is 15.0 Å². The number of rotatable bonds is 6. The summed E-state index contributed by atoms with van der Waals surface area (Å²) in [5.41, 5.74) is 0.687. The van der Waals surface area contributed by atoms with Gasteiger partial charge in [-0.2, -0.15) is 0 Å². The topological polar surface area (TPSA) is 41.6 Å². The lowest BCUT2D eigenvalue weighted by Gasteiger charge is -2.17. The van der Waals surface area contributed by atoms with Crippen molar-refractivity contribution in [3.63, 3.8) is 0 Å². The Morgan fingerprint density at radius 1 is 1.35 bits per heavy atom. The van der Waals surface area contributed by atoms with Crippen LogP contribution in [0.25, 0.3) is 0 Å². The first kappa shape index (κ1) is 13.5. The van der Waals surface area contributed by atoms with E-state index in [-0.39, 0.29) is 5.91 Å². The Bertz CT molecular complexity index is 349. The second-order valence-corrected chi connectivity index (χ2v) is 3.79. The lowest BCUT2D eigenvalue weighted by Crippen LogP contribution is -2.32. The molecule has 1 rings (SSSR count). The molecule has 0 aliphatic rings. The van der Waals surface area contributed by atoms with Crippen LogP contribution in [0.5, 0.6) is 5.75 Å². The van der Waals surface area contributed by atoms with Gasteiger partial charge in [-0.05, 0) is 38.2 Å². The molecule has 0 aliphatic carbocycles. The van der Waals surface area contributed by atoms with Crippen molar-refractivity contribution < 1.29 is 9.53 Å². The van der Waals surface area contributed by atoms with Crippen molar-refractivity contribution in [2.45, 2.75) is 6.92 Å². The van der Waals surface area contributed by atoms with Crippen LogP contribution in [0.4, 0.5) is 0 Å². The van der Waals surface area contributed by atoms with Crippen molar-refractivity contribution in [1.82, 2.24) is 10.2 Å². The fourth-order valence-corrected chi connectivity index (χ4v) is 1.46. The Morgan fingerprint density at radius 2 is 2.00 bits per heavy atom. The highest BCUT2D eigenvalue weighted by molar-refractivity contribution is 5.94. The molecule has 0 spiro atoms. The largest absolute Gasteiger partial charge is 0.494 e. The van der Waals surface area contributed by atoms with Gasteiger partial charge in [-0.15, -0.1) is 0 Å². The van der Waals surface area contributed by atoms with Crippen LogP contribution in [0, 0.1) is 0 Å². The van der Waals surface area contributed by atoms with Crippen LogP contribution in [0.15, 0.2) is 24.3 Å². The lowest BCUT2D eigenvalue weighted by molar-refractivity contribution is 0.0797. The van der Waals surface area contributed by atoms with Crippen molar-refractivity contribution in [3.05, 3.63) is 29.8 Å². The minimum absolute atomic E-state index is 0.0308. The van der Waals surface area contributed by atoms with Gasteiger partial charge >= 0.3 is 0 Å². The van der Waals surface area contributed by atoms with Gasteiger partial charge in [0.05, 0.1) is 6.61 Å². The molecule has 4 nitrogen and oxygen atoms in total. The maximum absolute atomic E-state index is 12.0. The van der Waals surface area contributed by atoms with Gasteiger partial charge in [-0.25, -0.2) is 0 Å². The first-order valence-corrected chi connectivity index (χ1v) is 5.82. The quantitative estimate of drug-likeness (QED) is 0.811. The summed E-state index contributed by atoms with van der Waals surface area (Å²) >= 11 is 0. The summed E-state index contributed by atoms with van der Waals surface area (Å²) in [6.45, 7) is 4.06. The number of carbonyl (C=O) groups excluding carboxylic acids is 1. The number of benzene rings is 1. The minimum Gasteiger partial charge on any atom is -0.494 e. The van der Waals surface area contributed by atoms with E-state index >= 15 is 0 Å². The Hall–Kier alpha value is -1.55. The van der Waals surface area contributed by atoms with Crippen molar-refractivity contribution in [3.8, 4) is 5.75 Å². The number of ether oxygens (including phenoxy) is 1. The normalized spacial score (nSPS) is 10.1. The molecule has 0 fully saturated rings. The van der Waals surface area contributed by atoms with E-state index in [1.165, 1.54) is 0 Å². The Morgan fingerprint density at radius 3 is 2.53 bits per heavy atom. The molecule has 0 aromatic heterocycles. The molecule has 0 aliphatic heterocycles. The highest BCUT2D eigenvalue weighted by atomic mass is 16.5. The van der Waals surface area contributed by atoms with Crippen LogP contribution in [0.2, 0.25) is 0 Å². The third kappa shape index (κ3) is 4.07. The van der Waals surface area contributed by atoms with E-state index in [0.717, 1.165) is 12.3 Å². The van der Waals surface area contributed by atoms with Gasteiger partial charge in [0, 0.05) is 25.7 Å². The van der Waals surface area contributed by atoms with Crippen molar-refractivity contribution in [2.75, 3.05) is 33.8 Å². The van der Waals surface area contributed by atoms with Crippen LogP contribution >= 0.6 is 0 Å². The van der Waals surface area contributed by atoms with Crippen molar-refractivity contribution in [2.24, 2.45) is 0 Å². The highest BCUT2D eigenvalue weighted by Gasteiger charge is 2.10. The number of carbonyl (C=O) groups is 1. The van der Waals surface area contributed by atoms with E-state index in [9.17, 15) is 4.79 Å². The van der Waals surface area contributed by atoms with Crippen molar-refractivity contribution in [1.29, 1.82) is 0 Å². The number of hydrogen-bond acceptors (Lipinski definition) is 3. The van der Waals surface area contributed by atoms with E-state index in [2.05, 4.69) is 5.32 Å². The number of hydrogen-bond donors (Lipinski definition) is 1. The van der Waals surface area contributed by atoms with Crippen LogP contribution in [-0.4, -0.2) is 44.6 Å². The predicted octanol–water partition coefficient (Wildman–Crippen LogP) is 1.38. The maximum Gasteiger partial charge on any atom is 0.253 e. The van der Waals surface area contributed by atoms with Gasteiger partial charge in [0.15, 0.2) is 0 Å². The molecule has 0 saturated heterocycles. The molecule has 0 radical (unpaired) electrons. The summed E-state index contributed by atoms with van der Waals surface area (Å²) in [6.07, 6.45) is 0. The van der Waals surface area contributed by atoms with Crippen LogP contribution < -0.4 is 10.1 Å². The fraction of sp³-hybridized carbons (Fsp3) is 0.462. The van der Waals surface area contributed by atoms with Crippen LogP contribution in [0.1, 0.15) is 17.3 Å². The van der Waals surface area contributed by atoms with Gasteiger partial charge in [-0.1, -0.05) is 0 Å². The van der Waals surface area contributed by atoms with E-state index < -0.39 is 0 Å². The summed E-state index contributed by atoms with van der Waals surface area (Å²) in [5, 5.41) is 3.02. The Kier molecular flexibility index (Phi) is 5.49. The Balaban J connectivity index is 2.62. The number of likely N-dealkylation sites (N-methyl/N-ethyl adjacent to an activating group) is 2. The summed E-state index contributed by atoms with van der Waals surface area (Å²) in [7, 11) is 3.67. The lowest BCUT2D eigenvalue weighted by atomic mass is 10.2. The van der Waals surface area contributed by atoms with Gasteiger partial charge in [0.1, 0.15) is 5.75 Å². The summed E-state index contributed by atoms with van der Waals surface area (Å²) in [5.74, 6) is 0.824. The van der Waals surface area contributed by atoms with E-state index in [1.807, 2.05) is 26.1 Å². The number of amides is 1. The fourth-order valence-electron chi connectivity index (χ4n) is 1.46. The Labute approximate surface area is 103 Å². The summed E-state index contributed by atoms with van der Waals surface area (Å²) in [4.78, 5) is 13.7. The molecule has 94 valence electrons. The summed E-state index contributed by atoms with van der Waals surface area (Å²) < 4.78 is 5.33. The SMILES string of the molecule is CCOc1ccc(C(=O)N(C)CCNC)cc1. The zero-order valence-electron chi connectivity index (χ0n) is 10.7. The molecule has 1 aromatic carbocycles. The zero-order valence-corrected chi connectivity index (χ0v) is 10.7. The zero-order chi connectivity index (χ0) is 12.7. The molecule has 0 heterocycles. The molecular formula is C13H20N2O2. The summed E-state index contributed by atoms with van der Waals surface area (Å²) in [6, 6.07) is 7.23. The predicted molar refractivity (Wildman–Crippen MR) is 68.5 cm³/mol. The van der Waals surface area contributed by atoms with Gasteiger partial charge in [0.2, 0.25) is 0 Å². The molecule has 17 heavy (non-hydrogen) atoms. The third-order valence-electron chi connectivity index (χ3n) is 2.46. The first-order valence-electron chi connectivity index (χ1n) is 5.82. The van der Waals surface area contributed by atoms with Crippen LogP contribution in [0.3, 0.4) is 0 Å². The highest BCUT2D eigenvalue weighted by Crippen LogP contribution is 2.13. The average molecular weight is 236 g/mol. The minimum atomic E-state index is 0.0308. The molecule has 0 saturated carbocycles. The van der Waals surface area contributed by atoms with E-state index in [1.54, 1.807) is 24.1 Å². The molecule has 0 unspecified atom stereocenters. The average Bonchev–Trinajstić information content (AvgIpc) is 2.36. The molecule has 1 aromatic rings. The molecule has 0 atom stereocenters. The smallest absolute Gasteiger partial charge is 0.253 e. The van der Waals surface area contributed by atoms with E-state index in [4.69, 9.17) is 4.74 Å². The monoisotopic (exact) mass is 236 g/mol. The first-order chi connectivity index (χ1) is 8.19. The third-order valence-corrected chi connectivity index (χ3v) is 2.46. The number of nitrogens with zero attached hydrogens (tertiary/aromatic N) is 1. The molecule has 1 N–H and O–H groups in total. The maximum atomic E-state index is 12.0. The van der Waals surface area contributed by atoms with E-state index in [0.29, 0.717) is 18.7 Å². The van der Waals surface area contributed by atoms with Gasteiger partial charge in [0.25, 0.3) is 5.91 Å². The molecule has 0 bridgehead atoms. The number of nitrogens with one attached hydrogen (secondary N) is 1.